The Bertz CT molecular complexity index is 922. The maximum Gasteiger partial charge on any atom is 0.414 e. The molecule has 0 saturated heterocycles. The Balaban J connectivity index is 0.000000905. The SMILES string of the molecule is O=C(O)C(=O)O.O=C(O)C(CCCCNCC(O)c1ccc(O)c(CO)c1)CCc1ccccc1. The lowest BCUT2D eigenvalue weighted by atomic mass is 9.94. The third-order valence-corrected chi connectivity index (χ3v) is 5.31. The summed E-state index contributed by atoms with van der Waals surface area (Å²) in [6.45, 7) is 0.758. The van der Waals surface area contributed by atoms with Crippen LogP contribution in [0.1, 0.15) is 48.5 Å². The largest absolute Gasteiger partial charge is 0.508 e. The van der Waals surface area contributed by atoms with Gasteiger partial charge < -0.3 is 36.0 Å². The summed E-state index contributed by atoms with van der Waals surface area (Å²) in [6.07, 6.45) is 2.95. The third-order valence-electron chi connectivity index (χ3n) is 5.31. The smallest absolute Gasteiger partial charge is 0.414 e. The van der Waals surface area contributed by atoms with Crippen LogP contribution in [0.2, 0.25) is 0 Å². The molecule has 0 heterocycles. The van der Waals surface area contributed by atoms with Crippen molar-refractivity contribution >= 4 is 17.9 Å². The van der Waals surface area contributed by atoms with Gasteiger partial charge in [0.1, 0.15) is 5.75 Å². The van der Waals surface area contributed by atoms with E-state index in [1.807, 2.05) is 30.3 Å². The summed E-state index contributed by atoms with van der Waals surface area (Å²) < 4.78 is 0. The van der Waals surface area contributed by atoms with Crippen LogP contribution >= 0.6 is 0 Å². The molecule has 0 fully saturated rings. The van der Waals surface area contributed by atoms with Gasteiger partial charge in [-0.15, -0.1) is 0 Å². The van der Waals surface area contributed by atoms with E-state index in [2.05, 4.69) is 5.32 Å². The van der Waals surface area contributed by atoms with Crippen LogP contribution in [-0.2, 0) is 27.4 Å². The lowest BCUT2D eigenvalue weighted by Gasteiger charge is -2.15. The van der Waals surface area contributed by atoms with Gasteiger partial charge in [-0.3, -0.25) is 4.79 Å². The maximum absolute atomic E-state index is 11.5. The molecule has 0 bridgehead atoms. The van der Waals surface area contributed by atoms with E-state index in [4.69, 9.17) is 19.8 Å². The molecule has 0 saturated carbocycles. The van der Waals surface area contributed by atoms with E-state index in [0.717, 1.165) is 24.8 Å². The summed E-state index contributed by atoms with van der Waals surface area (Å²) in [7, 11) is 0. The molecule has 10 heteroatoms. The highest BCUT2D eigenvalue weighted by atomic mass is 16.4. The second-order valence-corrected chi connectivity index (χ2v) is 7.93. The molecule has 0 spiro atoms. The Kier molecular flexibility index (Phi) is 13.7. The fourth-order valence-electron chi connectivity index (χ4n) is 3.31. The van der Waals surface area contributed by atoms with Crippen LogP contribution in [0.3, 0.4) is 0 Å². The van der Waals surface area contributed by atoms with Gasteiger partial charge in [0.25, 0.3) is 0 Å². The van der Waals surface area contributed by atoms with Crippen molar-refractivity contribution in [3.8, 4) is 5.75 Å². The van der Waals surface area contributed by atoms with E-state index in [1.165, 1.54) is 6.07 Å². The van der Waals surface area contributed by atoms with Gasteiger partial charge in [-0.2, -0.15) is 0 Å². The van der Waals surface area contributed by atoms with Gasteiger partial charge in [-0.25, -0.2) is 9.59 Å². The minimum atomic E-state index is -1.82. The van der Waals surface area contributed by atoms with Gasteiger partial charge in [0.05, 0.1) is 18.6 Å². The Morgan fingerprint density at radius 3 is 2.11 bits per heavy atom. The molecule has 2 unspecified atom stereocenters. The van der Waals surface area contributed by atoms with Crippen molar-refractivity contribution in [1.82, 2.24) is 5.32 Å². The normalized spacial score (nSPS) is 12.2. The third kappa shape index (κ3) is 12.0. The monoisotopic (exact) mass is 491 g/mol. The molecule has 0 aliphatic rings. The molecule has 192 valence electrons. The maximum atomic E-state index is 11.5. The van der Waals surface area contributed by atoms with Gasteiger partial charge in [-0.05, 0) is 55.5 Å². The number of nitrogens with one attached hydrogen (secondary N) is 1. The van der Waals surface area contributed by atoms with Gasteiger partial charge >= 0.3 is 17.9 Å². The van der Waals surface area contributed by atoms with Gasteiger partial charge in [0, 0.05) is 12.1 Å². The standard InChI is InChI=1S/C23H31NO5.C2H2O4/c25-16-20-14-19(11-12-21(20)26)22(27)15-24-13-5-4-8-18(23(28)29)10-9-17-6-2-1-3-7-17;3-1(4)2(5)6/h1-3,6-7,11-12,14,18,22,24-27H,4-5,8-10,13,15-16H2,(H,28,29);(H,3,4)(H,5,6). The molecule has 35 heavy (non-hydrogen) atoms. The van der Waals surface area contributed by atoms with Crippen LogP contribution in [0.5, 0.6) is 5.75 Å². The number of carboxylic acid groups (broad SMARTS) is 3. The van der Waals surface area contributed by atoms with Gasteiger partial charge in [0.2, 0.25) is 0 Å². The average molecular weight is 492 g/mol. The first-order chi connectivity index (χ1) is 16.6. The number of aromatic hydroxyl groups is 1. The van der Waals surface area contributed by atoms with Crippen LogP contribution in [0.25, 0.3) is 0 Å². The van der Waals surface area contributed by atoms with Crippen molar-refractivity contribution in [1.29, 1.82) is 0 Å². The summed E-state index contributed by atoms with van der Waals surface area (Å²) in [4.78, 5) is 29.7. The zero-order valence-corrected chi connectivity index (χ0v) is 19.3. The molecular weight excluding hydrogens is 458 g/mol. The number of aliphatic hydroxyl groups excluding tert-OH is 2. The molecule has 10 nitrogen and oxygen atoms in total. The lowest BCUT2D eigenvalue weighted by Crippen LogP contribution is -2.23. The van der Waals surface area contributed by atoms with Crippen molar-refractivity contribution in [3.63, 3.8) is 0 Å². The van der Waals surface area contributed by atoms with Crippen LogP contribution in [0.4, 0.5) is 0 Å². The van der Waals surface area contributed by atoms with Crippen molar-refractivity contribution < 1.29 is 45.0 Å². The van der Waals surface area contributed by atoms with Crippen molar-refractivity contribution in [2.24, 2.45) is 5.92 Å². The molecule has 0 amide bonds. The second-order valence-electron chi connectivity index (χ2n) is 7.93. The number of unbranched alkanes of at least 4 members (excludes halogenated alkanes) is 1. The summed E-state index contributed by atoms with van der Waals surface area (Å²) in [6, 6.07) is 14.6. The fraction of sp³-hybridized carbons (Fsp3) is 0.400. The lowest BCUT2D eigenvalue weighted by molar-refractivity contribution is -0.159. The highest BCUT2D eigenvalue weighted by Gasteiger charge is 2.17. The highest BCUT2D eigenvalue weighted by Crippen LogP contribution is 2.22. The van der Waals surface area contributed by atoms with Crippen molar-refractivity contribution in [2.75, 3.05) is 13.1 Å². The number of phenols is 1. The summed E-state index contributed by atoms with van der Waals surface area (Å²) in [5.41, 5.74) is 2.18. The van der Waals surface area contributed by atoms with Crippen LogP contribution < -0.4 is 5.32 Å². The van der Waals surface area contributed by atoms with E-state index in [9.17, 15) is 25.2 Å². The molecule has 0 aliphatic heterocycles. The summed E-state index contributed by atoms with van der Waals surface area (Å²) in [5.74, 6) is -4.72. The molecule has 0 aliphatic carbocycles. The molecule has 2 atom stereocenters. The van der Waals surface area contributed by atoms with Gasteiger partial charge in [0.15, 0.2) is 0 Å². The Hall–Kier alpha value is -3.47. The first-order valence-corrected chi connectivity index (χ1v) is 11.2. The van der Waals surface area contributed by atoms with Crippen LogP contribution in [-0.4, -0.2) is 61.6 Å². The molecule has 2 aromatic carbocycles. The molecule has 2 aromatic rings. The van der Waals surface area contributed by atoms with Crippen LogP contribution in [0.15, 0.2) is 48.5 Å². The predicted molar refractivity (Wildman–Crippen MR) is 127 cm³/mol. The number of carboxylic acids is 3. The molecule has 0 aromatic heterocycles. The topological polar surface area (TPSA) is 185 Å². The minimum Gasteiger partial charge on any atom is -0.508 e. The predicted octanol–water partition coefficient (Wildman–Crippen LogP) is 2.17. The Morgan fingerprint density at radius 1 is 0.886 bits per heavy atom. The molecule has 2 rings (SSSR count). The number of carbonyl (C=O) groups is 3. The number of aliphatic hydroxyl groups is 2. The first-order valence-electron chi connectivity index (χ1n) is 11.2. The number of hydrogen-bond donors (Lipinski definition) is 7. The summed E-state index contributed by atoms with van der Waals surface area (Å²) >= 11 is 0. The van der Waals surface area contributed by atoms with E-state index in [0.29, 0.717) is 37.1 Å². The van der Waals surface area contributed by atoms with Gasteiger partial charge in [-0.1, -0.05) is 42.8 Å². The van der Waals surface area contributed by atoms with Crippen molar-refractivity contribution in [3.05, 3.63) is 65.2 Å². The van der Waals surface area contributed by atoms with E-state index in [1.54, 1.807) is 12.1 Å². The van der Waals surface area contributed by atoms with Crippen LogP contribution in [0, 0.1) is 5.92 Å². The molecular formula is C25H33NO9. The Labute approximate surface area is 203 Å². The average Bonchev–Trinajstić information content (AvgIpc) is 2.83. The van der Waals surface area contributed by atoms with E-state index in [-0.39, 0.29) is 18.3 Å². The second kappa shape index (κ2) is 16.2. The van der Waals surface area contributed by atoms with Crippen molar-refractivity contribution in [2.45, 2.75) is 44.8 Å². The molecule has 7 N–H and O–H groups in total. The number of benzene rings is 2. The zero-order valence-electron chi connectivity index (χ0n) is 19.3. The van der Waals surface area contributed by atoms with E-state index < -0.39 is 24.0 Å². The number of aliphatic carboxylic acids is 3. The quantitative estimate of drug-likeness (QED) is 0.162. The number of hydrogen-bond acceptors (Lipinski definition) is 7. The number of rotatable bonds is 13. The number of aryl methyl sites for hydroxylation is 1. The molecule has 0 radical (unpaired) electrons. The highest BCUT2D eigenvalue weighted by molar-refractivity contribution is 6.27. The fourth-order valence-corrected chi connectivity index (χ4v) is 3.31. The summed E-state index contributed by atoms with van der Waals surface area (Å²) in [5, 5.41) is 56.4. The first kappa shape index (κ1) is 29.6. The minimum absolute atomic E-state index is 0.0108. The zero-order chi connectivity index (χ0) is 26.2. The Morgan fingerprint density at radius 2 is 1.54 bits per heavy atom. The van der Waals surface area contributed by atoms with E-state index >= 15 is 0 Å².